The quantitative estimate of drug-likeness (QED) is 0.702. The van der Waals surface area contributed by atoms with Crippen LogP contribution in [0.4, 0.5) is 13.2 Å². The Hall–Kier alpha value is -2.67. The fourth-order valence-corrected chi connectivity index (χ4v) is 3.10. The van der Waals surface area contributed by atoms with Gasteiger partial charge >= 0.3 is 6.18 Å². The van der Waals surface area contributed by atoms with Crippen LogP contribution in [0, 0.1) is 0 Å². The minimum atomic E-state index is -4.37. The van der Waals surface area contributed by atoms with E-state index in [0.29, 0.717) is 12.1 Å². The second kappa shape index (κ2) is 7.70. The number of halogens is 3. The van der Waals surface area contributed by atoms with E-state index in [1.807, 2.05) is 22.9 Å². The SMILES string of the molecule is O=C(Cc1ccc(C(F)(F)F)cc1)NCc1cncc(-c2ccsc2)c1. The van der Waals surface area contributed by atoms with Gasteiger partial charge in [0, 0.05) is 24.5 Å². The average Bonchev–Trinajstić information content (AvgIpc) is 3.15. The summed E-state index contributed by atoms with van der Waals surface area (Å²) in [5, 5.41) is 6.76. The van der Waals surface area contributed by atoms with E-state index in [4.69, 9.17) is 0 Å². The maximum Gasteiger partial charge on any atom is 0.416 e. The number of alkyl halides is 3. The van der Waals surface area contributed by atoms with Crippen molar-refractivity contribution in [1.82, 2.24) is 10.3 Å². The Bertz CT molecular complexity index is 875. The van der Waals surface area contributed by atoms with Crippen LogP contribution in [0.2, 0.25) is 0 Å². The van der Waals surface area contributed by atoms with Gasteiger partial charge in [-0.15, -0.1) is 0 Å². The summed E-state index contributed by atoms with van der Waals surface area (Å²) in [4.78, 5) is 16.2. The largest absolute Gasteiger partial charge is 0.416 e. The molecule has 0 aliphatic heterocycles. The van der Waals surface area contributed by atoms with Gasteiger partial charge in [0.05, 0.1) is 12.0 Å². The predicted molar refractivity (Wildman–Crippen MR) is 94.5 cm³/mol. The zero-order chi connectivity index (χ0) is 18.6. The summed E-state index contributed by atoms with van der Waals surface area (Å²) in [6.45, 7) is 0.310. The summed E-state index contributed by atoms with van der Waals surface area (Å²) in [5.74, 6) is -0.259. The van der Waals surface area contributed by atoms with E-state index in [9.17, 15) is 18.0 Å². The van der Waals surface area contributed by atoms with Gasteiger partial charge in [0.15, 0.2) is 0 Å². The van der Waals surface area contributed by atoms with Crippen LogP contribution in [0.15, 0.2) is 59.6 Å². The van der Waals surface area contributed by atoms with Crippen LogP contribution < -0.4 is 5.32 Å². The first-order chi connectivity index (χ1) is 12.4. The van der Waals surface area contributed by atoms with Gasteiger partial charge in [-0.1, -0.05) is 12.1 Å². The molecule has 0 saturated heterocycles. The number of thiophene rings is 1. The highest BCUT2D eigenvalue weighted by Crippen LogP contribution is 2.29. The maximum absolute atomic E-state index is 12.5. The summed E-state index contributed by atoms with van der Waals surface area (Å²) >= 11 is 1.59. The molecule has 0 bridgehead atoms. The molecule has 2 aromatic heterocycles. The maximum atomic E-state index is 12.5. The minimum absolute atomic E-state index is 0.0236. The third-order valence-corrected chi connectivity index (χ3v) is 4.47. The van der Waals surface area contributed by atoms with E-state index >= 15 is 0 Å². The molecule has 0 aliphatic carbocycles. The number of nitrogens with zero attached hydrogens (tertiary/aromatic N) is 1. The highest BCUT2D eigenvalue weighted by atomic mass is 32.1. The molecule has 3 aromatic rings. The van der Waals surface area contributed by atoms with Crippen LogP contribution in [-0.4, -0.2) is 10.9 Å². The third kappa shape index (κ3) is 4.70. The molecular formula is C19H15F3N2OS. The highest BCUT2D eigenvalue weighted by molar-refractivity contribution is 7.08. The Labute approximate surface area is 152 Å². The van der Waals surface area contributed by atoms with Crippen molar-refractivity contribution in [3.05, 3.63) is 76.2 Å². The molecule has 0 aliphatic rings. The number of hydrogen-bond donors (Lipinski definition) is 1. The number of hydrogen-bond acceptors (Lipinski definition) is 3. The average molecular weight is 376 g/mol. The number of pyridine rings is 1. The molecule has 2 heterocycles. The number of benzene rings is 1. The van der Waals surface area contributed by atoms with Crippen molar-refractivity contribution in [2.45, 2.75) is 19.1 Å². The summed E-state index contributed by atoms with van der Waals surface area (Å²) in [6.07, 6.45) is -0.916. The van der Waals surface area contributed by atoms with Crippen molar-refractivity contribution in [3.8, 4) is 11.1 Å². The molecule has 3 nitrogen and oxygen atoms in total. The van der Waals surface area contributed by atoms with Crippen molar-refractivity contribution in [2.24, 2.45) is 0 Å². The molecule has 7 heteroatoms. The van der Waals surface area contributed by atoms with E-state index in [1.54, 1.807) is 23.7 Å². The summed E-state index contributed by atoms with van der Waals surface area (Å²) < 4.78 is 37.6. The molecule has 1 N–H and O–H groups in total. The van der Waals surface area contributed by atoms with Crippen molar-refractivity contribution in [1.29, 1.82) is 0 Å². The Morgan fingerprint density at radius 1 is 1.04 bits per heavy atom. The summed E-state index contributed by atoms with van der Waals surface area (Å²) in [5.41, 5.74) is 2.70. The zero-order valence-electron chi connectivity index (χ0n) is 13.6. The van der Waals surface area contributed by atoms with Gasteiger partial charge in [-0.2, -0.15) is 24.5 Å². The van der Waals surface area contributed by atoms with E-state index in [-0.39, 0.29) is 12.3 Å². The molecule has 0 atom stereocenters. The lowest BCUT2D eigenvalue weighted by molar-refractivity contribution is -0.137. The van der Waals surface area contributed by atoms with Crippen LogP contribution in [0.1, 0.15) is 16.7 Å². The van der Waals surface area contributed by atoms with Gasteiger partial charge in [0.25, 0.3) is 0 Å². The molecule has 1 amide bonds. The smallest absolute Gasteiger partial charge is 0.352 e. The number of rotatable bonds is 5. The third-order valence-electron chi connectivity index (χ3n) is 3.79. The van der Waals surface area contributed by atoms with Gasteiger partial charge in [-0.3, -0.25) is 9.78 Å². The predicted octanol–water partition coefficient (Wildman–Crippen LogP) is 4.69. The zero-order valence-corrected chi connectivity index (χ0v) is 14.4. The van der Waals surface area contributed by atoms with Gasteiger partial charge in [0.2, 0.25) is 5.91 Å². The lowest BCUT2D eigenvalue weighted by Crippen LogP contribution is -2.24. The molecule has 134 valence electrons. The fraction of sp³-hybridized carbons (Fsp3) is 0.158. The van der Waals surface area contributed by atoms with Gasteiger partial charge in [0.1, 0.15) is 0 Å². The van der Waals surface area contributed by atoms with E-state index < -0.39 is 11.7 Å². The van der Waals surface area contributed by atoms with Crippen LogP contribution in [0.3, 0.4) is 0 Å². The van der Waals surface area contributed by atoms with Gasteiger partial charge in [-0.05, 0) is 51.7 Å². The topological polar surface area (TPSA) is 42.0 Å². The standard InChI is InChI=1S/C19H15F3N2OS/c20-19(21,22)17-3-1-13(2-4-17)8-18(25)24-10-14-7-16(11-23-9-14)15-5-6-26-12-15/h1-7,9,11-12H,8,10H2,(H,24,25). The van der Waals surface area contributed by atoms with Crippen LogP contribution in [-0.2, 0) is 23.9 Å². The molecular weight excluding hydrogens is 361 g/mol. The van der Waals surface area contributed by atoms with Crippen molar-refractivity contribution >= 4 is 17.2 Å². The Morgan fingerprint density at radius 3 is 2.46 bits per heavy atom. The molecule has 26 heavy (non-hydrogen) atoms. The lowest BCUT2D eigenvalue weighted by Gasteiger charge is -2.09. The molecule has 3 rings (SSSR count). The van der Waals surface area contributed by atoms with Gasteiger partial charge in [-0.25, -0.2) is 0 Å². The second-order valence-corrected chi connectivity index (χ2v) is 6.52. The number of carbonyl (C=O) groups is 1. The van der Waals surface area contributed by atoms with Crippen molar-refractivity contribution in [2.75, 3.05) is 0 Å². The van der Waals surface area contributed by atoms with Crippen LogP contribution in [0.25, 0.3) is 11.1 Å². The lowest BCUT2D eigenvalue weighted by atomic mass is 10.1. The van der Waals surface area contributed by atoms with Crippen molar-refractivity contribution in [3.63, 3.8) is 0 Å². The first kappa shape index (κ1) is 18.1. The fourth-order valence-electron chi connectivity index (χ4n) is 2.43. The number of nitrogens with one attached hydrogen (secondary N) is 1. The normalized spacial score (nSPS) is 11.3. The monoisotopic (exact) mass is 376 g/mol. The van der Waals surface area contributed by atoms with Gasteiger partial charge < -0.3 is 5.32 Å². The number of amides is 1. The molecule has 0 spiro atoms. The van der Waals surface area contributed by atoms with Crippen molar-refractivity contribution < 1.29 is 18.0 Å². The van der Waals surface area contributed by atoms with E-state index in [2.05, 4.69) is 10.3 Å². The molecule has 0 fully saturated rings. The Balaban J connectivity index is 1.57. The molecule has 0 radical (unpaired) electrons. The summed E-state index contributed by atoms with van der Waals surface area (Å²) in [6, 6.07) is 8.55. The first-order valence-electron chi connectivity index (χ1n) is 7.81. The van der Waals surface area contributed by atoms with E-state index in [0.717, 1.165) is 28.8 Å². The Morgan fingerprint density at radius 2 is 1.81 bits per heavy atom. The Kier molecular flexibility index (Phi) is 5.37. The first-order valence-corrected chi connectivity index (χ1v) is 8.75. The number of carbonyl (C=O) groups excluding carboxylic acids is 1. The molecule has 0 saturated carbocycles. The molecule has 1 aromatic carbocycles. The number of aromatic nitrogens is 1. The summed E-state index contributed by atoms with van der Waals surface area (Å²) in [7, 11) is 0. The highest BCUT2D eigenvalue weighted by Gasteiger charge is 2.29. The molecule has 0 unspecified atom stereocenters. The minimum Gasteiger partial charge on any atom is -0.352 e. The van der Waals surface area contributed by atoms with Crippen LogP contribution >= 0.6 is 11.3 Å². The second-order valence-electron chi connectivity index (χ2n) is 5.74. The van der Waals surface area contributed by atoms with E-state index in [1.165, 1.54) is 12.1 Å². The van der Waals surface area contributed by atoms with Crippen LogP contribution in [0.5, 0.6) is 0 Å².